The van der Waals surface area contributed by atoms with E-state index in [0.717, 1.165) is 4.31 Å². The Morgan fingerprint density at radius 2 is 2.00 bits per heavy atom. The van der Waals surface area contributed by atoms with Crippen LogP contribution in [-0.2, 0) is 10.0 Å². The van der Waals surface area contributed by atoms with Crippen molar-refractivity contribution in [1.29, 1.82) is 5.41 Å². The van der Waals surface area contributed by atoms with E-state index in [1.807, 2.05) is 0 Å². The number of hydrogen-bond acceptors (Lipinski definition) is 3. The molecular weight excluding hydrogens is 178 g/mol. The second kappa shape index (κ2) is 3.86. The number of likely N-dealkylation sites (N-methyl/N-ethyl adjacent to an activating group) is 1. The van der Waals surface area contributed by atoms with Crippen molar-refractivity contribution in [1.82, 2.24) is 4.31 Å². The van der Waals surface area contributed by atoms with Crippen molar-refractivity contribution in [3.05, 3.63) is 0 Å². The van der Waals surface area contributed by atoms with Gasteiger partial charge in [0.1, 0.15) is 5.84 Å². The average molecular weight is 193 g/mol. The zero-order valence-electron chi connectivity index (χ0n) is 7.53. The summed E-state index contributed by atoms with van der Waals surface area (Å²) in [5.41, 5.74) is 5.07. The van der Waals surface area contributed by atoms with E-state index in [4.69, 9.17) is 11.1 Å². The summed E-state index contributed by atoms with van der Waals surface area (Å²) in [6, 6.07) is 0. The normalized spacial score (nSPS) is 12.4. The lowest BCUT2D eigenvalue weighted by molar-refractivity contribution is 0.496. The number of amidine groups is 1. The molecule has 0 bridgehead atoms. The zero-order chi connectivity index (χ0) is 9.94. The van der Waals surface area contributed by atoms with Crippen LogP contribution in [0.5, 0.6) is 0 Å². The fourth-order valence-corrected chi connectivity index (χ4v) is 1.73. The summed E-state index contributed by atoms with van der Waals surface area (Å²) in [6.07, 6.45) is 0. The summed E-state index contributed by atoms with van der Waals surface area (Å²) in [7, 11) is -1.85. The van der Waals surface area contributed by atoms with E-state index in [2.05, 4.69) is 0 Å². The molecule has 5 nitrogen and oxygen atoms in total. The van der Waals surface area contributed by atoms with Crippen LogP contribution in [0, 0.1) is 5.41 Å². The lowest BCUT2D eigenvalue weighted by Crippen LogP contribution is -2.38. The molecule has 0 heterocycles. The lowest BCUT2D eigenvalue weighted by atomic mass is 10.6. The molecule has 0 aromatic rings. The Morgan fingerprint density at radius 1 is 1.58 bits per heavy atom. The standard InChI is InChI=1S/C6H15N3O2S/c1-5(2)12(10,11)9(3)4-6(7)8/h5H,4H2,1-3H3,(H3,7,8). The van der Waals surface area contributed by atoms with Crippen molar-refractivity contribution >= 4 is 15.9 Å². The highest BCUT2D eigenvalue weighted by Crippen LogP contribution is 2.04. The molecule has 0 unspecified atom stereocenters. The Hall–Kier alpha value is -0.620. The van der Waals surface area contributed by atoms with Gasteiger partial charge in [-0.3, -0.25) is 5.41 Å². The molecule has 0 saturated heterocycles. The van der Waals surface area contributed by atoms with Crippen molar-refractivity contribution in [3.8, 4) is 0 Å². The van der Waals surface area contributed by atoms with Gasteiger partial charge in [0, 0.05) is 7.05 Å². The van der Waals surface area contributed by atoms with Crippen LogP contribution in [-0.4, -0.2) is 37.4 Å². The van der Waals surface area contributed by atoms with Crippen molar-refractivity contribution in [2.75, 3.05) is 13.6 Å². The van der Waals surface area contributed by atoms with Gasteiger partial charge in [-0.1, -0.05) is 0 Å². The van der Waals surface area contributed by atoms with Crippen molar-refractivity contribution in [2.45, 2.75) is 19.1 Å². The predicted molar refractivity (Wildman–Crippen MR) is 48.6 cm³/mol. The van der Waals surface area contributed by atoms with Crippen molar-refractivity contribution in [2.24, 2.45) is 5.73 Å². The molecule has 0 saturated carbocycles. The predicted octanol–water partition coefficient (Wildman–Crippen LogP) is -0.408. The number of sulfonamides is 1. The summed E-state index contributed by atoms with van der Waals surface area (Å²) in [5.74, 6) is -0.151. The molecule has 0 aromatic heterocycles. The van der Waals surface area contributed by atoms with E-state index in [1.165, 1.54) is 7.05 Å². The van der Waals surface area contributed by atoms with E-state index in [0.29, 0.717) is 0 Å². The molecule has 0 radical (unpaired) electrons. The molecule has 6 heteroatoms. The third-order valence-electron chi connectivity index (χ3n) is 1.42. The molecule has 0 atom stereocenters. The fourth-order valence-electron chi connectivity index (χ4n) is 0.690. The van der Waals surface area contributed by atoms with Gasteiger partial charge in [0.15, 0.2) is 0 Å². The van der Waals surface area contributed by atoms with Crippen LogP contribution >= 0.6 is 0 Å². The molecule has 0 fully saturated rings. The van der Waals surface area contributed by atoms with Gasteiger partial charge in [-0.25, -0.2) is 8.42 Å². The molecule has 12 heavy (non-hydrogen) atoms. The summed E-state index contributed by atoms with van der Waals surface area (Å²) in [6.45, 7) is 3.14. The Balaban J connectivity index is 4.48. The van der Waals surface area contributed by atoms with Crippen molar-refractivity contribution < 1.29 is 8.42 Å². The van der Waals surface area contributed by atoms with Crippen LogP contribution in [0.25, 0.3) is 0 Å². The smallest absolute Gasteiger partial charge is 0.216 e. The molecule has 0 aliphatic heterocycles. The van der Waals surface area contributed by atoms with Crippen LogP contribution in [0.2, 0.25) is 0 Å². The number of nitrogens with one attached hydrogen (secondary N) is 1. The van der Waals surface area contributed by atoms with Crippen molar-refractivity contribution in [3.63, 3.8) is 0 Å². The van der Waals surface area contributed by atoms with E-state index >= 15 is 0 Å². The Bertz CT molecular complexity index is 258. The van der Waals surface area contributed by atoms with Gasteiger partial charge in [-0.05, 0) is 13.8 Å². The van der Waals surface area contributed by atoms with Gasteiger partial charge in [0.25, 0.3) is 0 Å². The minimum Gasteiger partial charge on any atom is -0.387 e. The van der Waals surface area contributed by atoms with E-state index < -0.39 is 15.3 Å². The van der Waals surface area contributed by atoms with Gasteiger partial charge in [-0.15, -0.1) is 0 Å². The molecule has 3 N–H and O–H groups in total. The first-order chi connectivity index (χ1) is 5.28. The van der Waals surface area contributed by atoms with E-state index in [1.54, 1.807) is 13.8 Å². The molecule has 0 aliphatic carbocycles. The van der Waals surface area contributed by atoms with Gasteiger partial charge in [-0.2, -0.15) is 4.31 Å². The van der Waals surface area contributed by atoms with Crippen LogP contribution in [0.1, 0.15) is 13.8 Å². The van der Waals surface area contributed by atoms with E-state index in [-0.39, 0.29) is 12.4 Å². The highest BCUT2D eigenvalue weighted by Gasteiger charge is 2.22. The second-order valence-corrected chi connectivity index (χ2v) is 5.47. The topological polar surface area (TPSA) is 87.2 Å². The molecule has 0 aliphatic rings. The molecule has 0 aromatic carbocycles. The summed E-state index contributed by atoms with van der Waals surface area (Å²) < 4.78 is 23.8. The molecule has 0 rings (SSSR count). The molecule has 72 valence electrons. The lowest BCUT2D eigenvalue weighted by Gasteiger charge is -2.18. The molecule has 0 spiro atoms. The first kappa shape index (κ1) is 11.4. The minimum absolute atomic E-state index is 0.0412. The van der Waals surface area contributed by atoms with Crippen LogP contribution in [0.3, 0.4) is 0 Å². The third-order valence-corrected chi connectivity index (χ3v) is 3.61. The largest absolute Gasteiger partial charge is 0.387 e. The van der Waals surface area contributed by atoms with Crippen LogP contribution in [0.4, 0.5) is 0 Å². The Kier molecular flexibility index (Phi) is 3.66. The highest BCUT2D eigenvalue weighted by atomic mass is 32.2. The van der Waals surface area contributed by atoms with Gasteiger partial charge < -0.3 is 5.73 Å². The summed E-state index contributed by atoms with van der Waals surface area (Å²) in [4.78, 5) is 0. The average Bonchev–Trinajstić information content (AvgIpc) is 1.85. The van der Waals surface area contributed by atoms with E-state index in [9.17, 15) is 8.42 Å². The van der Waals surface area contributed by atoms with Gasteiger partial charge in [0.2, 0.25) is 10.0 Å². The zero-order valence-corrected chi connectivity index (χ0v) is 8.35. The first-order valence-electron chi connectivity index (χ1n) is 3.56. The quantitative estimate of drug-likeness (QED) is 0.470. The maximum absolute atomic E-state index is 11.3. The SMILES string of the molecule is CC(C)S(=O)(=O)N(C)CC(=N)N. The highest BCUT2D eigenvalue weighted by molar-refractivity contribution is 7.89. The summed E-state index contributed by atoms with van der Waals surface area (Å²) in [5, 5.41) is 6.45. The monoisotopic (exact) mass is 193 g/mol. The fraction of sp³-hybridized carbons (Fsp3) is 0.833. The molecular formula is C6H15N3O2S. The van der Waals surface area contributed by atoms with Gasteiger partial charge in [0.05, 0.1) is 11.8 Å². The minimum atomic E-state index is -3.26. The summed E-state index contributed by atoms with van der Waals surface area (Å²) >= 11 is 0. The maximum Gasteiger partial charge on any atom is 0.216 e. The Labute approximate surface area is 73.1 Å². The number of nitrogens with zero attached hydrogens (tertiary/aromatic N) is 1. The number of hydrogen-bond donors (Lipinski definition) is 2. The maximum atomic E-state index is 11.3. The van der Waals surface area contributed by atoms with Gasteiger partial charge >= 0.3 is 0 Å². The first-order valence-corrected chi connectivity index (χ1v) is 5.07. The number of nitrogens with two attached hydrogens (primary N) is 1. The van der Waals surface area contributed by atoms with Crippen LogP contribution < -0.4 is 5.73 Å². The third kappa shape index (κ3) is 2.78. The van der Waals surface area contributed by atoms with Crippen LogP contribution in [0.15, 0.2) is 0 Å². The Morgan fingerprint density at radius 3 is 2.25 bits per heavy atom. The second-order valence-electron chi connectivity index (χ2n) is 2.87. The molecule has 0 amide bonds. The number of rotatable bonds is 4.